The molecule has 15 heavy (non-hydrogen) atoms. The Morgan fingerprint density at radius 2 is 2.00 bits per heavy atom. The SMILES string of the molecule is C=C(CNCC)CN(C)c1ccccc1. The quantitative estimate of drug-likeness (QED) is 0.715. The van der Waals surface area contributed by atoms with Crippen molar-refractivity contribution in [3.8, 4) is 0 Å². The van der Waals surface area contributed by atoms with Crippen molar-refractivity contribution in [2.75, 3.05) is 31.6 Å². The molecule has 2 heteroatoms. The van der Waals surface area contributed by atoms with Crippen LogP contribution in [0.3, 0.4) is 0 Å². The van der Waals surface area contributed by atoms with Crippen LogP contribution in [0.25, 0.3) is 0 Å². The van der Waals surface area contributed by atoms with Gasteiger partial charge in [0.05, 0.1) is 0 Å². The number of benzene rings is 1. The van der Waals surface area contributed by atoms with E-state index in [0.717, 1.165) is 19.6 Å². The molecule has 1 N–H and O–H groups in total. The van der Waals surface area contributed by atoms with E-state index in [1.807, 2.05) is 6.07 Å². The Kier molecular flexibility index (Phi) is 4.91. The van der Waals surface area contributed by atoms with Crippen LogP contribution in [-0.2, 0) is 0 Å². The number of nitrogens with one attached hydrogen (secondary N) is 1. The van der Waals surface area contributed by atoms with Crippen molar-refractivity contribution in [3.63, 3.8) is 0 Å². The van der Waals surface area contributed by atoms with Gasteiger partial charge in [-0.2, -0.15) is 0 Å². The van der Waals surface area contributed by atoms with E-state index in [0.29, 0.717) is 0 Å². The largest absolute Gasteiger partial charge is 0.371 e. The van der Waals surface area contributed by atoms with Gasteiger partial charge in [0, 0.05) is 25.8 Å². The molecule has 0 unspecified atom stereocenters. The van der Waals surface area contributed by atoms with Crippen molar-refractivity contribution in [2.24, 2.45) is 0 Å². The minimum Gasteiger partial charge on any atom is -0.371 e. The van der Waals surface area contributed by atoms with E-state index >= 15 is 0 Å². The zero-order valence-corrected chi connectivity index (χ0v) is 9.66. The van der Waals surface area contributed by atoms with Crippen LogP contribution in [0.4, 0.5) is 5.69 Å². The Morgan fingerprint density at radius 3 is 2.60 bits per heavy atom. The summed E-state index contributed by atoms with van der Waals surface area (Å²) in [4.78, 5) is 2.21. The molecule has 0 saturated heterocycles. The second-order valence-electron chi connectivity index (χ2n) is 3.72. The highest BCUT2D eigenvalue weighted by molar-refractivity contribution is 5.46. The summed E-state index contributed by atoms with van der Waals surface area (Å²) in [7, 11) is 2.09. The van der Waals surface area contributed by atoms with Crippen LogP contribution in [0, 0.1) is 0 Å². The van der Waals surface area contributed by atoms with Gasteiger partial charge in [0.1, 0.15) is 0 Å². The number of anilines is 1. The molecular formula is C13H20N2. The summed E-state index contributed by atoms with van der Waals surface area (Å²) in [6.07, 6.45) is 0. The lowest BCUT2D eigenvalue weighted by atomic mass is 10.2. The van der Waals surface area contributed by atoms with Crippen LogP contribution in [-0.4, -0.2) is 26.7 Å². The average molecular weight is 204 g/mol. The number of para-hydroxylation sites is 1. The summed E-state index contributed by atoms with van der Waals surface area (Å²) in [6, 6.07) is 10.4. The Balaban J connectivity index is 2.42. The monoisotopic (exact) mass is 204 g/mol. The summed E-state index contributed by atoms with van der Waals surface area (Å²) in [5.74, 6) is 0. The molecule has 1 aromatic carbocycles. The second-order valence-corrected chi connectivity index (χ2v) is 3.72. The van der Waals surface area contributed by atoms with Crippen LogP contribution in [0.1, 0.15) is 6.92 Å². The van der Waals surface area contributed by atoms with Gasteiger partial charge >= 0.3 is 0 Å². The summed E-state index contributed by atoms with van der Waals surface area (Å²) in [5, 5.41) is 3.28. The van der Waals surface area contributed by atoms with E-state index in [-0.39, 0.29) is 0 Å². The molecule has 0 atom stereocenters. The topological polar surface area (TPSA) is 15.3 Å². The zero-order valence-electron chi connectivity index (χ0n) is 9.66. The van der Waals surface area contributed by atoms with Gasteiger partial charge in [-0.3, -0.25) is 0 Å². The molecule has 0 aliphatic rings. The fourth-order valence-corrected chi connectivity index (χ4v) is 1.47. The maximum Gasteiger partial charge on any atom is 0.0395 e. The van der Waals surface area contributed by atoms with Crippen molar-refractivity contribution >= 4 is 5.69 Å². The van der Waals surface area contributed by atoms with Crippen LogP contribution in [0.5, 0.6) is 0 Å². The molecule has 2 nitrogen and oxygen atoms in total. The Hall–Kier alpha value is -1.28. The average Bonchev–Trinajstić information content (AvgIpc) is 2.27. The second kappa shape index (κ2) is 6.25. The van der Waals surface area contributed by atoms with Crippen LogP contribution >= 0.6 is 0 Å². The first-order valence-corrected chi connectivity index (χ1v) is 5.37. The minimum absolute atomic E-state index is 0.897. The smallest absolute Gasteiger partial charge is 0.0395 e. The Bertz CT molecular complexity index is 293. The third kappa shape index (κ3) is 4.17. The molecule has 0 aliphatic heterocycles. The zero-order chi connectivity index (χ0) is 11.1. The minimum atomic E-state index is 0.897. The normalized spacial score (nSPS) is 10.0. The Labute approximate surface area is 92.6 Å². The lowest BCUT2D eigenvalue weighted by Crippen LogP contribution is -2.25. The maximum atomic E-state index is 4.05. The van der Waals surface area contributed by atoms with Gasteiger partial charge in [-0.25, -0.2) is 0 Å². The summed E-state index contributed by atoms with van der Waals surface area (Å²) >= 11 is 0. The van der Waals surface area contributed by atoms with E-state index in [2.05, 4.69) is 55.0 Å². The van der Waals surface area contributed by atoms with Gasteiger partial charge in [0.25, 0.3) is 0 Å². The molecule has 0 radical (unpaired) electrons. The molecule has 0 bridgehead atoms. The standard InChI is InChI=1S/C13H20N2/c1-4-14-10-12(2)11-15(3)13-8-6-5-7-9-13/h5-9,14H,2,4,10-11H2,1,3H3. The molecule has 1 aromatic rings. The fourth-order valence-electron chi connectivity index (χ4n) is 1.47. The maximum absolute atomic E-state index is 4.05. The van der Waals surface area contributed by atoms with E-state index in [1.54, 1.807) is 0 Å². The highest BCUT2D eigenvalue weighted by Crippen LogP contribution is 2.11. The van der Waals surface area contributed by atoms with Gasteiger partial charge in [-0.05, 0) is 24.3 Å². The third-order valence-electron chi connectivity index (χ3n) is 2.28. The highest BCUT2D eigenvalue weighted by Gasteiger charge is 2.01. The lowest BCUT2D eigenvalue weighted by molar-refractivity contribution is 0.760. The Morgan fingerprint density at radius 1 is 1.33 bits per heavy atom. The van der Waals surface area contributed by atoms with E-state index in [9.17, 15) is 0 Å². The van der Waals surface area contributed by atoms with Crippen LogP contribution < -0.4 is 10.2 Å². The molecule has 0 aromatic heterocycles. The number of likely N-dealkylation sites (N-methyl/N-ethyl adjacent to an activating group) is 2. The van der Waals surface area contributed by atoms with Crippen molar-refractivity contribution in [1.29, 1.82) is 0 Å². The molecule has 0 amide bonds. The molecule has 1 rings (SSSR count). The van der Waals surface area contributed by atoms with E-state index < -0.39 is 0 Å². The number of hydrogen-bond acceptors (Lipinski definition) is 2. The summed E-state index contributed by atoms with van der Waals surface area (Å²) in [6.45, 7) is 8.95. The molecule has 0 spiro atoms. The number of nitrogens with zero attached hydrogens (tertiary/aromatic N) is 1. The van der Waals surface area contributed by atoms with Gasteiger partial charge < -0.3 is 10.2 Å². The third-order valence-corrected chi connectivity index (χ3v) is 2.28. The summed E-state index contributed by atoms with van der Waals surface area (Å²) in [5.41, 5.74) is 2.44. The number of hydrogen-bond donors (Lipinski definition) is 1. The van der Waals surface area contributed by atoms with Crippen LogP contribution in [0.15, 0.2) is 42.5 Å². The fraction of sp³-hybridized carbons (Fsp3) is 0.385. The van der Waals surface area contributed by atoms with Crippen molar-refractivity contribution in [3.05, 3.63) is 42.5 Å². The molecule has 82 valence electrons. The highest BCUT2D eigenvalue weighted by atomic mass is 15.1. The molecule has 0 fully saturated rings. The predicted octanol–water partition coefficient (Wildman–Crippen LogP) is 2.29. The van der Waals surface area contributed by atoms with Crippen molar-refractivity contribution in [2.45, 2.75) is 6.92 Å². The van der Waals surface area contributed by atoms with Gasteiger partial charge in [-0.15, -0.1) is 0 Å². The first-order valence-electron chi connectivity index (χ1n) is 5.37. The predicted molar refractivity (Wildman–Crippen MR) is 67.4 cm³/mol. The van der Waals surface area contributed by atoms with E-state index in [4.69, 9.17) is 0 Å². The van der Waals surface area contributed by atoms with E-state index in [1.165, 1.54) is 11.3 Å². The van der Waals surface area contributed by atoms with Gasteiger partial charge in [0.2, 0.25) is 0 Å². The summed E-state index contributed by atoms with van der Waals surface area (Å²) < 4.78 is 0. The molecule has 0 aliphatic carbocycles. The molecular weight excluding hydrogens is 184 g/mol. The first kappa shape index (κ1) is 11.8. The lowest BCUT2D eigenvalue weighted by Gasteiger charge is -2.20. The van der Waals surface area contributed by atoms with Gasteiger partial charge in [0.15, 0.2) is 0 Å². The molecule has 0 heterocycles. The van der Waals surface area contributed by atoms with Gasteiger partial charge in [-0.1, -0.05) is 31.7 Å². The van der Waals surface area contributed by atoms with Crippen molar-refractivity contribution in [1.82, 2.24) is 5.32 Å². The molecule has 0 saturated carbocycles. The van der Waals surface area contributed by atoms with Crippen molar-refractivity contribution < 1.29 is 0 Å². The van der Waals surface area contributed by atoms with Crippen LogP contribution in [0.2, 0.25) is 0 Å². The first-order chi connectivity index (χ1) is 7.24. The number of rotatable bonds is 6.